The van der Waals surface area contributed by atoms with Gasteiger partial charge in [0.15, 0.2) is 6.61 Å². The maximum atomic E-state index is 12.1. The fourth-order valence-electron chi connectivity index (χ4n) is 2.41. The molecule has 0 aliphatic heterocycles. The van der Waals surface area contributed by atoms with Crippen LogP contribution in [0.4, 0.5) is 5.69 Å². The number of hydrogen-bond acceptors (Lipinski definition) is 4. The Hall–Kier alpha value is -3.06. The van der Waals surface area contributed by atoms with Gasteiger partial charge in [-0.2, -0.15) is 5.10 Å². The summed E-state index contributed by atoms with van der Waals surface area (Å²) in [6, 6.07) is 18.1. The van der Waals surface area contributed by atoms with Crippen LogP contribution in [0.25, 0.3) is 0 Å². The Morgan fingerprint density at radius 3 is 2.29 bits per heavy atom. The Bertz CT molecular complexity index is 1100. The van der Waals surface area contributed by atoms with Gasteiger partial charge >= 0.3 is 0 Å². The van der Waals surface area contributed by atoms with Crippen molar-refractivity contribution in [1.82, 2.24) is 5.43 Å². The minimum atomic E-state index is -0.375. The number of anilines is 1. The molecular weight excluding hydrogens is 461 g/mol. The molecule has 0 atom stereocenters. The highest BCUT2D eigenvalue weighted by Gasteiger charge is 2.08. The number of rotatable bonds is 7. The van der Waals surface area contributed by atoms with Crippen molar-refractivity contribution >= 4 is 58.5 Å². The maximum absolute atomic E-state index is 12.1. The molecule has 9 heteroatoms. The molecular formula is C22H16Cl3N3O3. The van der Waals surface area contributed by atoms with Gasteiger partial charge in [0.2, 0.25) is 0 Å². The molecule has 0 spiro atoms. The zero-order chi connectivity index (χ0) is 22.2. The molecule has 2 N–H and O–H groups in total. The highest BCUT2D eigenvalue weighted by molar-refractivity contribution is 6.35. The summed E-state index contributed by atoms with van der Waals surface area (Å²) in [5, 5.41) is 7.95. The summed E-state index contributed by atoms with van der Waals surface area (Å²) in [5.41, 5.74) is 4.03. The number of carbonyl (C=O) groups excluding carboxylic acids is 2. The lowest BCUT2D eigenvalue weighted by Crippen LogP contribution is -2.20. The molecule has 3 aromatic rings. The fourth-order valence-corrected chi connectivity index (χ4v) is 2.87. The van der Waals surface area contributed by atoms with Gasteiger partial charge in [0.1, 0.15) is 5.75 Å². The average molecular weight is 477 g/mol. The molecule has 0 aliphatic carbocycles. The summed E-state index contributed by atoms with van der Waals surface area (Å²) in [7, 11) is 0. The molecule has 6 nitrogen and oxygen atoms in total. The molecule has 0 aromatic heterocycles. The SMILES string of the molecule is O=C(COc1ccc(/C=N\NC(=O)c2ccc(Cl)cc2)cc1)Nc1cc(Cl)ccc1Cl. The third-order valence-corrected chi connectivity index (χ3v) is 4.76. The first-order valence-electron chi connectivity index (χ1n) is 8.97. The van der Waals surface area contributed by atoms with Crippen LogP contribution in [0.15, 0.2) is 71.8 Å². The van der Waals surface area contributed by atoms with E-state index in [1.54, 1.807) is 66.7 Å². The zero-order valence-electron chi connectivity index (χ0n) is 15.9. The normalized spacial score (nSPS) is 10.7. The van der Waals surface area contributed by atoms with Crippen LogP contribution in [0.1, 0.15) is 15.9 Å². The molecule has 158 valence electrons. The first kappa shape index (κ1) is 22.6. The molecule has 0 unspecified atom stereocenters. The minimum Gasteiger partial charge on any atom is -0.484 e. The Labute approximate surface area is 193 Å². The van der Waals surface area contributed by atoms with Gasteiger partial charge in [-0.3, -0.25) is 9.59 Å². The van der Waals surface area contributed by atoms with E-state index >= 15 is 0 Å². The van der Waals surface area contributed by atoms with Crippen molar-refractivity contribution in [2.75, 3.05) is 11.9 Å². The Balaban J connectivity index is 1.47. The second kappa shape index (κ2) is 10.8. The van der Waals surface area contributed by atoms with Gasteiger partial charge in [0, 0.05) is 15.6 Å². The van der Waals surface area contributed by atoms with Crippen LogP contribution in [0, 0.1) is 0 Å². The number of hydrogen-bond donors (Lipinski definition) is 2. The Morgan fingerprint density at radius 1 is 0.903 bits per heavy atom. The molecule has 0 bridgehead atoms. The molecule has 3 aromatic carbocycles. The van der Waals surface area contributed by atoms with E-state index in [0.717, 1.165) is 5.56 Å². The molecule has 0 heterocycles. The van der Waals surface area contributed by atoms with Gasteiger partial charge in [0.05, 0.1) is 16.9 Å². The third kappa shape index (κ3) is 7.00. The van der Waals surface area contributed by atoms with Gasteiger partial charge < -0.3 is 10.1 Å². The van der Waals surface area contributed by atoms with Crippen LogP contribution in [-0.2, 0) is 4.79 Å². The van der Waals surface area contributed by atoms with E-state index in [1.807, 2.05) is 0 Å². The summed E-state index contributed by atoms with van der Waals surface area (Å²) in [5.74, 6) is -0.229. The second-order valence-electron chi connectivity index (χ2n) is 6.24. The first-order valence-corrected chi connectivity index (χ1v) is 10.1. The number of hydrazone groups is 1. The van der Waals surface area contributed by atoms with Crippen LogP contribution in [0.5, 0.6) is 5.75 Å². The Morgan fingerprint density at radius 2 is 1.58 bits per heavy atom. The number of halogens is 3. The molecule has 31 heavy (non-hydrogen) atoms. The number of amides is 2. The Kier molecular flexibility index (Phi) is 7.89. The van der Waals surface area contributed by atoms with Crippen LogP contribution >= 0.6 is 34.8 Å². The summed E-state index contributed by atoms with van der Waals surface area (Å²) < 4.78 is 5.46. The van der Waals surface area contributed by atoms with Crippen molar-refractivity contribution in [3.63, 3.8) is 0 Å². The molecule has 2 amide bonds. The zero-order valence-corrected chi connectivity index (χ0v) is 18.2. The standard InChI is InChI=1S/C22H16Cl3N3O3/c23-16-5-3-15(4-6-16)22(30)28-26-12-14-1-8-18(9-2-14)31-13-21(29)27-20-11-17(24)7-10-19(20)25/h1-12H,13H2,(H,27,29)(H,28,30)/b26-12-. The first-order chi connectivity index (χ1) is 14.9. The van der Waals surface area contributed by atoms with E-state index in [9.17, 15) is 9.59 Å². The van der Waals surface area contributed by atoms with Crippen LogP contribution in [-0.4, -0.2) is 24.6 Å². The lowest BCUT2D eigenvalue weighted by molar-refractivity contribution is -0.118. The van der Waals surface area contributed by atoms with Gasteiger partial charge in [-0.15, -0.1) is 0 Å². The van der Waals surface area contributed by atoms with E-state index in [4.69, 9.17) is 39.5 Å². The molecule has 0 aliphatic rings. The summed E-state index contributed by atoms with van der Waals surface area (Å²) in [4.78, 5) is 24.0. The molecule has 0 saturated heterocycles. The van der Waals surface area contributed by atoms with E-state index in [1.165, 1.54) is 6.21 Å². The van der Waals surface area contributed by atoms with Crippen molar-refractivity contribution in [1.29, 1.82) is 0 Å². The van der Waals surface area contributed by atoms with Crippen molar-refractivity contribution in [2.24, 2.45) is 5.10 Å². The molecule has 0 radical (unpaired) electrons. The monoisotopic (exact) mass is 475 g/mol. The lowest BCUT2D eigenvalue weighted by atomic mass is 10.2. The fraction of sp³-hybridized carbons (Fsp3) is 0.0455. The van der Waals surface area contributed by atoms with Gasteiger partial charge in [-0.05, 0) is 72.3 Å². The highest BCUT2D eigenvalue weighted by Crippen LogP contribution is 2.25. The van der Waals surface area contributed by atoms with Crippen molar-refractivity contribution < 1.29 is 14.3 Å². The van der Waals surface area contributed by atoms with E-state index in [2.05, 4.69) is 15.8 Å². The van der Waals surface area contributed by atoms with Crippen molar-refractivity contribution in [3.05, 3.63) is 92.9 Å². The number of nitrogens with one attached hydrogen (secondary N) is 2. The predicted octanol–water partition coefficient (Wildman–Crippen LogP) is 5.43. The number of benzene rings is 3. The lowest BCUT2D eigenvalue weighted by Gasteiger charge is -2.09. The summed E-state index contributed by atoms with van der Waals surface area (Å²) in [6.07, 6.45) is 1.49. The maximum Gasteiger partial charge on any atom is 0.271 e. The largest absolute Gasteiger partial charge is 0.484 e. The molecule has 3 rings (SSSR count). The highest BCUT2D eigenvalue weighted by atomic mass is 35.5. The minimum absolute atomic E-state index is 0.201. The van der Waals surface area contributed by atoms with Crippen LogP contribution in [0.3, 0.4) is 0 Å². The van der Waals surface area contributed by atoms with Crippen LogP contribution < -0.4 is 15.5 Å². The second-order valence-corrected chi connectivity index (χ2v) is 7.52. The van der Waals surface area contributed by atoms with Crippen molar-refractivity contribution in [3.8, 4) is 5.75 Å². The molecule has 0 saturated carbocycles. The van der Waals surface area contributed by atoms with Gasteiger partial charge in [-0.1, -0.05) is 34.8 Å². The molecule has 0 fully saturated rings. The van der Waals surface area contributed by atoms with Gasteiger partial charge in [0.25, 0.3) is 11.8 Å². The van der Waals surface area contributed by atoms with Crippen LogP contribution in [0.2, 0.25) is 15.1 Å². The smallest absolute Gasteiger partial charge is 0.271 e. The quantitative estimate of drug-likeness (QED) is 0.352. The average Bonchev–Trinajstić information content (AvgIpc) is 2.76. The van der Waals surface area contributed by atoms with E-state index in [-0.39, 0.29) is 18.4 Å². The van der Waals surface area contributed by atoms with Gasteiger partial charge in [-0.25, -0.2) is 5.43 Å². The predicted molar refractivity (Wildman–Crippen MR) is 124 cm³/mol. The number of carbonyl (C=O) groups is 2. The number of ether oxygens (including phenoxy) is 1. The van der Waals surface area contributed by atoms with Crippen molar-refractivity contribution in [2.45, 2.75) is 0 Å². The van der Waals surface area contributed by atoms with E-state index in [0.29, 0.717) is 32.1 Å². The summed E-state index contributed by atoms with van der Waals surface area (Å²) in [6.45, 7) is -0.201. The third-order valence-electron chi connectivity index (χ3n) is 3.94. The summed E-state index contributed by atoms with van der Waals surface area (Å²) >= 11 is 17.7. The topological polar surface area (TPSA) is 79.8 Å². The van der Waals surface area contributed by atoms with E-state index < -0.39 is 0 Å². The number of nitrogens with zero attached hydrogens (tertiary/aromatic N) is 1.